The van der Waals surface area contributed by atoms with Crippen LogP contribution in [-0.4, -0.2) is 65.8 Å². The predicted molar refractivity (Wildman–Crippen MR) is 139 cm³/mol. The van der Waals surface area contributed by atoms with Gasteiger partial charge in [-0.15, -0.1) is 0 Å². The van der Waals surface area contributed by atoms with Crippen molar-refractivity contribution in [1.82, 2.24) is 20.0 Å². The second-order valence-corrected chi connectivity index (χ2v) is 11.0. The van der Waals surface area contributed by atoms with Crippen molar-refractivity contribution in [3.05, 3.63) is 47.8 Å². The molecule has 0 unspecified atom stereocenters. The molecule has 5 rings (SSSR count). The average molecular weight is 508 g/mol. The van der Waals surface area contributed by atoms with Crippen molar-refractivity contribution in [2.24, 2.45) is 24.8 Å². The topological polar surface area (TPSA) is 106 Å². The highest BCUT2D eigenvalue weighted by atomic mass is 16.5. The van der Waals surface area contributed by atoms with E-state index in [2.05, 4.69) is 15.7 Å². The number of nitrogens with zero attached hydrogens (tertiary/aromatic N) is 3. The van der Waals surface area contributed by atoms with Crippen LogP contribution < -0.4 is 10.6 Å². The first-order chi connectivity index (χ1) is 17.8. The van der Waals surface area contributed by atoms with Crippen LogP contribution in [0.3, 0.4) is 0 Å². The van der Waals surface area contributed by atoms with Crippen molar-refractivity contribution in [3.63, 3.8) is 0 Å². The second-order valence-electron chi connectivity index (χ2n) is 11.0. The fraction of sp³-hybridized carbons (Fsp3) is 0.571. The van der Waals surface area contributed by atoms with Crippen LogP contribution in [0.2, 0.25) is 0 Å². The molecule has 9 heteroatoms. The normalized spacial score (nSPS) is 19.8. The third-order valence-electron chi connectivity index (χ3n) is 8.21. The van der Waals surface area contributed by atoms with Crippen LogP contribution in [0.4, 0.5) is 5.69 Å². The number of hydrogen-bond acceptors (Lipinski definition) is 5. The number of anilines is 1. The molecule has 1 aromatic heterocycles. The Morgan fingerprint density at radius 3 is 2.16 bits per heavy atom. The monoisotopic (exact) mass is 507 g/mol. The van der Waals surface area contributed by atoms with Crippen molar-refractivity contribution in [3.8, 4) is 0 Å². The summed E-state index contributed by atoms with van der Waals surface area (Å²) in [6.45, 7) is 1.08. The first-order valence-electron chi connectivity index (χ1n) is 13.3. The minimum absolute atomic E-state index is 0.0715. The Morgan fingerprint density at radius 2 is 1.65 bits per heavy atom. The maximum atomic E-state index is 13.6. The number of ether oxygens (including phenoxy) is 1. The quantitative estimate of drug-likeness (QED) is 0.543. The molecule has 2 N–H and O–H groups in total. The fourth-order valence-corrected chi connectivity index (χ4v) is 5.91. The Hall–Kier alpha value is -3.20. The van der Waals surface area contributed by atoms with Gasteiger partial charge in [-0.3, -0.25) is 19.1 Å². The molecule has 37 heavy (non-hydrogen) atoms. The van der Waals surface area contributed by atoms with Gasteiger partial charge in [0.15, 0.2) is 0 Å². The zero-order valence-electron chi connectivity index (χ0n) is 21.9. The molecular weight excluding hydrogens is 470 g/mol. The van der Waals surface area contributed by atoms with Gasteiger partial charge in [0.1, 0.15) is 11.7 Å². The van der Waals surface area contributed by atoms with Gasteiger partial charge in [-0.2, -0.15) is 5.10 Å². The number of rotatable bonds is 9. The number of hydrogen-bond donors (Lipinski definition) is 2. The number of carbonyl (C=O) groups excluding carboxylic acids is 3. The molecule has 0 spiro atoms. The Balaban J connectivity index is 1.35. The summed E-state index contributed by atoms with van der Waals surface area (Å²) < 4.78 is 7.07. The predicted octanol–water partition coefficient (Wildman–Crippen LogP) is 2.73. The molecule has 1 aliphatic heterocycles. The van der Waals surface area contributed by atoms with E-state index in [0.717, 1.165) is 31.2 Å². The molecule has 9 nitrogen and oxygen atoms in total. The van der Waals surface area contributed by atoms with Gasteiger partial charge in [-0.25, -0.2) is 0 Å². The molecular formula is C28H37N5O4. The number of carbonyl (C=O) groups is 3. The molecule has 3 amide bonds. The third kappa shape index (κ3) is 5.28. The van der Waals surface area contributed by atoms with Gasteiger partial charge in [-0.1, -0.05) is 12.1 Å². The molecule has 2 aromatic rings. The van der Waals surface area contributed by atoms with Gasteiger partial charge in [0, 0.05) is 46.2 Å². The lowest BCUT2D eigenvalue weighted by Gasteiger charge is -2.38. The van der Waals surface area contributed by atoms with E-state index in [0.29, 0.717) is 49.3 Å². The van der Waals surface area contributed by atoms with Crippen LogP contribution in [0.15, 0.2) is 36.5 Å². The highest BCUT2D eigenvalue weighted by molar-refractivity contribution is 6.01. The molecule has 3 fully saturated rings. The molecule has 2 saturated carbocycles. The number of amides is 3. The van der Waals surface area contributed by atoms with Crippen LogP contribution in [-0.2, 0) is 26.8 Å². The standard InChI is InChI=1S/C28H37N5O4/c1-32(2)27(36)28(13-16-37-17-14-28)20-8-10-21(11-9-20)30-26(35)24(23(18-4-5-18)19-6-7-19)31-25(34)22-12-15-29-33(22)3/h8-12,15,18-19,23-24H,4-7,13-14,16-17H2,1-3H3,(H,30,35)(H,31,34)/t24-/m0/s1. The molecule has 2 aliphatic carbocycles. The number of aromatic nitrogens is 2. The van der Waals surface area contributed by atoms with Gasteiger partial charge < -0.3 is 20.3 Å². The third-order valence-corrected chi connectivity index (χ3v) is 8.21. The van der Waals surface area contributed by atoms with E-state index in [4.69, 9.17) is 4.74 Å². The first-order valence-corrected chi connectivity index (χ1v) is 13.3. The summed E-state index contributed by atoms with van der Waals surface area (Å²) in [7, 11) is 5.28. The molecule has 0 radical (unpaired) electrons. The summed E-state index contributed by atoms with van der Waals surface area (Å²) in [4.78, 5) is 41.5. The molecule has 0 bridgehead atoms. The first kappa shape index (κ1) is 25.4. The Morgan fingerprint density at radius 1 is 1.03 bits per heavy atom. The molecule has 3 aliphatic rings. The minimum atomic E-state index is -0.618. The van der Waals surface area contributed by atoms with Crippen LogP contribution in [0, 0.1) is 17.8 Å². The van der Waals surface area contributed by atoms with E-state index in [9.17, 15) is 14.4 Å². The largest absolute Gasteiger partial charge is 0.381 e. The molecule has 1 aromatic carbocycles. The number of benzene rings is 1. The van der Waals surface area contributed by atoms with E-state index < -0.39 is 11.5 Å². The summed E-state index contributed by atoms with van der Waals surface area (Å²) in [5.74, 6) is 0.676. The number of nitrogens with one attached hydrogen (secondary N) is 2. The number of likely N-dealkylation sites (N-methyl/N-ethyl adjacent to an activating group) is 1. The van der Waals surface area contributed by atoms with E-state index in [1.54, 1.807) is 38.3 Å². The summed E-state index contributed by atoms with van der Waals surface area (Å²) in [5, 5.41) is 10.2. The Bertz CT molecular complexity index is 1130. The summed E-state index contributed by atoms with van der Waals surface area (Å²) in [5.41, 5.74) is 1.40. The molecule has 1 saturated heterocycles. The number of aryl methyl sites for hydroxylation is 1. The molecule has 198 valence electrons. The van der Waals surface area contributed by atoms with Gasteiger partial charge in [0.2, 0.25) is 11.8 Å². The van der Waals surface area contributed by atoms with Gasteiger partial charge in [0.05, 0.1) is 5.41 Å². The van der Waals surface area contributed by atoms with Crippen LogP contribution in [0.5, 0.6) is 0 Å². The smallest absolute Gasteiger partial charge is 0.270 e. The summed E-state index contributed by atoms with van der Waals surface area (Å²) in [6, 6.07) is 8.63. The maximum absolute atomic E-state index is 13.6. The summed E-state index contributed by atoms with van der Waals surface area (Å²) >= 11 is 0. The zero-order valence-corrected chi connectivity index (χ0v) is 21.9. The Labute approximate surface area is 217 Å². The zero-order chi connectivity index (χ0) is 26.2. The van der Waals surface area contributed by atoms with Gasteiger partial charge >= 0.3 is 0 Å². The van der Waals surface area contributed by atoms with Crippen molar-refractivity contribution >= 4 is 23.4 Å². The highest BCUT2D eigenvalue weighted by Crippen LogP contribution is 2.51. The van der Waals surface area contributed by atoms with Crippen molar-refractivity contribution in [2.75, 3.05) is 32.6 Å². The van der Waals surface area contributed by atoms with Crippen molar-refractivity contribution < 1.29 is 19.1 Å². The van der Waals surface area contributed by atoms with Crippen LogP contribution in [0.25, 0.3) is 0 Å². The maximum Gasteiger partial charge on any atom is 0.270 e. The SMILES string of the molecule is CN(C)C(=O)C1(c2ccc(NC(=O)[C@@H](NC(=O)c3ccnn3C)C(C3CC3)C3CC3)cc2)CCOCC1. The van der Waals surface area contributed by atoms with E-state index in [-0.39, 0.29) is 23.6 Å². The lowest BCUT2D eigenvalue weighted by molar-refractivity contribution is -0.138. The van der Waals surface area contributed by atoms with E-state index in [1.165, 1.54) is 4.68 Å². The van der Waals surface area contributed by atoms with Gasteiger partial charge in [0.25, 0.3) is 5.91 Å². The second kappa shape index (κ2) is 10.3. The lowest BCUT2D eigenvalue weighted by atomic mass is 9.73. The van der Waals surface area contributed by atoms with Crippen molar-refractivity contribution in [2.45, 2.75) is 50.0 Å². The summed E-state index contributed by atoms with van der Waals surface area (Å²) in [6.07, 6.45) is 7.25. The van der Waals surface area contributed by atoms with Gasteiger partial charge in [-0.05, 0) is 80.0 Å². The molecule has 2 heterocycles. The minimum Gasteiger partial charge on any atom is -0.381 e. The van der Waals surface area contributed by atoms with Crippen molar-refractivity contribution in [1.29, 1.82) is 0 Å². The fourth-order valence-electron chi connectivity index (χ4n) is 5.91. The van der Waals surface area contributed by atoms with E-state index >= 15 is 0 Å². The van der Waals surface area contributed by atoms with Crippen LogP contribution >= 0.6 is 0 Å². The van der Waals surface area contributed by atoms with Crippen LogP contribution in [0.1, 0.15) is 54.6 Å². The highest BCUT2D eigenvalue weighted by Gasteiger charge is 2.48. The van der Waals surface area contributed by atoms with E-state index in [1.807, 2.05) is 24.3 Å². The average Bonchev–Trinajstić information content (AvgIpc) is 3.84. The lowest BCUT2D eigenvalue weighted by Crippen LogP contribution is -2.50. The molecule has 1 atom stereocenters. The Kier molecular flexibility index (Phi) is 7.07.